The molecule has 4 N–H and O–H groups in total. The molecule has 1 unspecified atom stereocenters. The Hall–Kier alpha value is -5.26. The molecule has 2 aromatic carbocycles. The van der Waals surface area contributed by atoms with Crippen LogP contribution >= 0.6 is 0 Å². The highest BCUT2D eigenvalue weighted by atomic mass is 19.1. The molecule has 7 aromatic rings. The number of halogens is 1. The van der Waals surface area contributed by atoms with Gasteiger partial charge in [-0.2, -0.15) is 15.2 Å². The zero-order chi connectivity index (χ0) is 26.1. The number of rotatable bonds is 4. The molecule has 0 aliphatic rings. The highest BCUT2D eigenvalue weighted by Gasteiger charge is 2.24. The predicted octanol–water partition coefficient (Wildman–Crippen LogP) is 4.22. The molecule has 0 saturated heterocycles. The number of hydrogen-bond donors (Lipinski definition) is 2. The van der Waals surface area contributed by atoms with Gasteiger partial charge in [0.05, 0.1) is 35.0 Å². The minimum Gasteiger partial charge on any atom is -0.424 e. The van der Waals surface area contributed by atoms with Crippen LogP contribution < -0.4 is 11.5 Å². The van der Waals surface area contributed by atoms with E-state index < -0.39 is 0 Å². The Morgan fingerprint density at radius 3 is 2.74 bits per heavy atom. The summed E-state index contributed by atoms with van der Waals surface area (Å²) in [5.41, 5.74) is 17.8. The van der Waals surface area contributed by atoms with Gasteiger partial charge < -0.3 is 20.5 Å². The molecule has 5 heterocycles. The number of anilines is 2. The highest BCUT2D eigenvalue weighted by molar-refractivity contribution is 6.02. The van der Waals surface area contributed by atoms with Crippen LogP contribution in [0.1, 0.15) is 18.7 Å². The van der Waals surface area contributed by atoms with E-state index >= 15 is 0 Å². The number of aryl methyl sites for hydroxylation is 1. The first-order chi connectivity index (χ1) is 18.4. The standard InChI is InChI=1S/C26H21FN10O/c1-13(23-17-5-4-15(27)8-20(17)37(34-23)16-9-32-35(2)10-16)36-11-18(22-24(28)30-12-31-25(22)36)14-3-6-21-19(7-14)33-26(29)38-21/h3-13H,1-2H3,(H2,29,33)(H2,28,30,31). The van der Waals surface area contributed by atoms with Crippen LogP contribution in [0.5, 0.6) is 0 Å². The largest absolute Gasteiger partial charge is 0.424 e. The fraction of sp³-hybridized carbons (Fsp3) is 0.115. The zero-order valence-electron chi connectivity index (χ0n) is 20.4. The molecule has 0 amide bonds. The van der Waals surface area contributed by atoms with E-state index in [9.17, 15) is 4.39 Å². The van der Waals surface area contributed by atoms with Crippen molar-refractivity contribution in [2.45, 2.75) is 13.0 Å². The van der Waals surface area contributed by atoms with Crippen LogP contribution in [0.4, 0.5) is 16.2 Å². The van der Waals surface area contributed by atoms with E-state index in [0.29, 0.717) is 33.5 Å². The van der Waals surface area contributed by atoms with Crippen molar-refractivity contribution in [1.82, 2.24) is 39.1 Å². The van der Waals surface area contributed by atoms with Crippen molar-refractivity contribution >= 4 is 44.9 Å². The maximum Gasteiger partial charge on any atom is 0.292 e. The van der Waals surface area contributed by atoms with E-state index in [1.54, 1.807) is 21.6 Å². The molecule has 188 valence electrons. The summed E-state index contributed by atoms with van der Waals surface area (Å²) in [5, 5.41) is 10.7. The van der Waals surface area contributed by atoms with Crippen LogP contribution in [0.3, 0.4) is 0 Å². The summed E-state index contributed by atoms with van der Waals surface area (Å²) in [6.07, 6.45) is 6.93. The lowest BCUT2D eigenvalue weighted by atomic mass is 10.1. The quantitative estimate of drug-likeness (QED) is 0.359. The van der Waals surface area contributed by atoms with Gasteiger partial charge in [-0.15, -0.1) is 0 Å². The molecule has 5 aromatic heterocycles. The molecule has 1 atom stereocenters. The van der Waals surface area contributed by atoms with Crippen LogP contribution in [0, 0.1) is 5.82 Å². The predicted molar refractivity (Wildman–Crippen MR) is 141 cm³/mol. The van der Waals surface area contributed by atoms with Gasteiger partial charge in [-0.25, -0.2) is 19.0 Å². The van der Waals surface area contributed by atoms with E-state index in [4.69, 9.17) is 21.0 Å². The molecule has 11 nitrogen and oxygen atoms in total. The fourth-order valence-electron chi connectivity index (χ4n) is 5.00. The zero-order valence-corrected chi connectivity index (χ0v) is 20.4. The van der Waals surface area contributed by atoms with Crippen molar-refractivity contribution in [3.8, 4) is 16.8 Å². The number of nitrogens with zero attached hydrogens (tertiary/aromatic N) is 8. The van der Waals surface area contributed by atoms with Gasteiger partial charge in [0.15, 0.2) is 5.58 Å². The van der Waals surface area contributed by atoms with Gasteiger partial charge in [0.1, 0.15) is 34.8 Å². The average Bonchev–Trinajstić information content (AvgIpc) is 3.66. The van der Waals surface area contributed by atoms with E-state index in [1.807, 2.05) is 49.1 Å². The maximum atomic E-state index is 14.3. The SMILES string of the molecule is CC(c1nn(-c2cnn(C)c2)c2cc(F)ccc12)n1cc(-c2ccc3oc(N)nc3c2)c2c(N)ncnc21. The normalized spacial score (nSPS) is 12.7. The maximum absolute atomic E-state index is 14.3. The second-order valence-electron chi connectivity index (χ2n) is 9.15. The minimum absolute atomic E-state index is 0.101. The van der Waals surface area contributed by atoms with Crippen molar-refractivity contribution in [2.24, 2.45) is 7.05 Å². The second-order valence-corrected chi connectivity index (χ2v) is 9.15. The molecule has 0 radical (unpaired) electrons. The molecular formula is C26H21FN10O. The number of hydrogen-bond acceptors (Lipinski definition) is 8. The molecule has 0 aliphatic heterocycles. The van der Waals surface area contributed by atoms with Crippen molar-refractivity contribution in [2.75, 3.05) is 11.5 Å². The van der Waals surface area contributed by atoms with Gasteiger partial charge in [0.2, 0.25) is 0 Å². The van der Waals surface area contributed by atoms with Gasteiger partial charge in [-0.05, 0) is 36.8 Å². The average molecular weight is 509 g/mol. The van der Waals surface area contributed by atoms with Crippen molar-refractivity contribution < 1.29 is 8.81 Å². The summed E-state index contributed by atoms with van der Waals surface area (Å²) in [7, 11) is 1.82. The Balaban J connectivity index is 1.44. The first-order valence-electron chi connectivity index (χ1n) is 11.8. The summed E-state index contributed by atoms with van der Waals surface area (Å²) in [4.78, 5) is 13.1. The Labute approximate surface area is 214 Å². The monoisotopic (exact) mass is 508 g/mol. The topological polar surface area (TPSA) is 144 Å². The van der Waals surface area contributed by atoms with Crippen LogP contribution in [0.25, 0.3) is 49.9 Å². The Kier molecular flexibility index (Phi) is 4.55. The first kappa shape index (κ1) is 22.0. The van der Waals surface area contributed by atoms with Gasteiger partial charge in [-0.3, -0.25) is 4.68 Å². The third-order valence-corrected chi connectivity index (χ3v) is 6.77. The van der Waals surface area contributed by atoms with Crippen molar-refractivity contribution in [3.05, 3.63) is 72.8 Å². The Morgan fingerprint density at radius 1 is 1.05 bits per heavy atom. The number of aromatic nitrogens is 8. The second kappa shape index (κ2) is 7.87. The summed E-state index contributed by atoms with van der Waals surface area (Å²) in [5.74, 6) is 0.00313. The van der Waals surface area contributed by atoms with E-state index in [-0.39, 0.29) is 17.9 Å². The summed E-state index contributed by atoms with van der Waals surface area (Å²) >= 11 is 0. The number of fused-ring (bicyclic) bond motifs is 3. The van der Waals surface area contributed by atoms with Gasteiger partial charge >= 0.3 is 0 Å². The molecule has 0 aliphatic carbocycles. The van der Waals surface area contributed by atoms with Crippen LogP contribution in [-0.2, 0) is 7.05 Å². The van der Waals surface area contributed by atoms with Crippen molar-refractivity contribution in [3.63, 3.8) is 0 Å². The molecule has 0 saturated carbocycles. The molecule has 12 heteroatoms. The summed E-state index contributed by atoms with van der Waals surface area (Å²) in [6.45, 7) is 2.02. The number of nitrogen functional groups attached to an aromatic ring is 2. The lowest BCUT2D eigenvalue weighted by Crippen LogP contribution is -2.08. The van der Waals surface area contributed by atoms with E-state index in [0.717, 1.165) is 27.9 Å². The number of benzene rings is 2. The van der Waals surface area contributed by atoms with E-state index in [2.05, 4.69) is 20.1 Å². The third-order valence-electron chi connectivity index (χ3n) is 6.77. The highest BCUT2D eigenvalue weighted by Crippen LogP contribution is 2.38. The van der Waals surface area contributed by atoms with Crippen LogP contribution in [-0.4, -0.2) is 39.1 Å². The van der Waals surface area contributed by atoms with Gasteiger partial charge in [-0.1, -0.05) is 6.07 Å². The smallest absolute Gasteiger partial charge is 0.292 e. The molecule has 38 heavy (non-hydrogen) atoms. The molecule has 0 fully saturated rings. The molecule has 0 bridgehead atoms. The summed E-state index contributed by atoms with van der Waals surface area (Å²) in [6, 6.07) is 10.1. The third kappa shape index (κ3) is 3.23. The minimum atomic E-state index is -0.347. The molecule has 7 rings (SSSR count). The van der Waals surface area contributed by atoms with Gasteiger partial charge in [0, 0.05) is 30.3 Å². The number of nitrogens with two attached hydrogens (primary N) is 2. The van der Waals surface area contributed by atoms with Crippen LogP contribution in [0.2, 0.25) is 0 Å². The molecular weight excluding hydrogens is 487 g/mol. The summed E-state index contributed by atoms with van der Waals surface area (Å²) < 4.78 is 25.1. The Morgan fingerprint density at radius 2 is 1.92 bits per heavy atom. The van der Waals surface area contributed by atoms with Crippen LogP contribution in [0.15, 0.2) is 65.7 Å². The lowest BCUT2D eigenvalue weighted by Gasteiger charge is -2.13. The van der Waals surface area contributed by atoms with Gasteiger partial charge in [0.25, 0.3) is 6.01 Å². The fourth-order valence-corrected chi connectivity index (χ4v) is 5.00. The Bertz CT molecular complexity index is 2010. The number of oxazole rings is 1. The lowest BCUT2D eigenvalue weighted by molar-refractivity contribution is 0.626. The molecule has 0 spiro atoms. The van der Waals surface area contributed by atoms with E-state index in [1.165, 1.54) is 18.5 Å². The van der Waals surface area contributed by atoms with Crippen molar-refractivity contribution in [1.29, 1.82) is 0 Å². The first-order valence-corrected chi connectivity index (χ1v) is 11.8.